The molecule has 0 aromatic heterocycles. The largest absolute Gasteiger partial charge is 0.396 e. The van der Waals surface area contributed by atoms with Crippen LogP contribution in [0.4, 0.5) is 0 Å². The summed E-state index contributed by atoms with van der Waals surface area (Å²) >= 11 is 0. The van der Waals surface area contributed by atoms with Crippen molar-refractivity contribution in [2.45, 2.75) is 39.0 Å². The van der Waals surface area contributed by atoms with Gasteiger partial charge in [0, 0.05) is 19.1 Å². The summed E-state index contributed by atoms with van der Waals surface area (Å²) in [6.45, 7) is 3.09. The molecule has 0 saturated heterocycles. The highest BCUT2D eigenvalue weighted by atomic mass is 16.3. The number of aliphatic hydroxyl groups excluding tert-OH is 1. The smallest absolute Gasteiger partial charge is 0.223 e. The van der Waals surface area contributed by atoms with E-state index in [2.05, 4.69) is 5.32 Å². The van der Waals surface area contributed by atoms with E-state index in [4.69, 9.17) is 5.11 Å². The molecule has 0 spiro atoms. The minimum atomic E-state index is 0.254. The maximum absolute atomic E-state index is 12.1. The van der Waals surface area contributed by atoms with Gasteiger partial charge in [-0.25, -0.2) is 0 Å². The first kappa shape index (κ1) is 12.5. The monoisotopic (exact) mass is 251 g/mol. The Morgan fingerprint density at radius 2 is 2.00 bits per heavy atom. The number of fused-ring (bicyclic) bond motifs is 5. The fourth-order valence-electron chi connectivity index (χ4n) is 4.55. The molecule has 3 saturated carbocycles. The maximum Gasteiger partial charge on any atom is 0.223 e. The molecule has 102 valence electrons. The number of hydrogen-bond acceptors (Lipinski definition) is 2. The summed E-state index contributed by atoms with van der Waals surface area (Å²) in [4.78, 5) is 12.1. The first-order valence-electron chi connectivity index (χ1n) is 7.61. The molecule has 5 atom stereocenters. The molecule has 18 heavy (non-hydrogen) atoms. The molecule has 3 heteroatoms. The lowest BCUT2D eigenvalue weighted by Crippen LogP contribution is -2.28. The van der Waals surface area contributed by atoms with Crippen molar-refractivity contribution in [1.82, 2.24) is 5.32 Å². The van der Waals surface area contributed by atoms with Crippen LogP contribution in [0, 0.1) is 35.5 Å². The van der Waals surface area contributed by atoms with Crippen LogP contribution in [0.25, 0.3) is 0 Å². The molecule has 3 aliphatic rings. The molecule has 5 unspecified atom stereocenters. The van der Waals surface area contributed by atoms with E-state index in [9.17, 15) is 4.79 Å². The van der Waals surface area contributed by atoms with Crippen molar-refractivity contribution in [2.75, 3.05) is 13.2 Å². The second-order valence-electron chi connectivity index (χ2n) is 6.73. The lowest BCUT2D eigenvalue weighted by Gasteiger charge is -2.11. The standard InChI is InChI=1S/C15H25NO2/c1-9(8-17)3-2-6-16-15(18)14-12-10-4-5-11(7-10)13(12)14/h9-14,17H,2-8H2,1H3,(H,16,18). The molecule has 0 aliphatic heterocycles. The van der Waals surface area contributed by atoms with Crippen LogP contribution in [-0.2, 0) is 4.79 Å². The molecule has 3 aliphatic carbocycles. The van der Waals surface area contributed by atoms with Crippen molar-refractivity contribution in [3.8, 4) is 0 Å². The van der Waals surface area contributed by atoms with Crippen LogP contribution in [0.3, 0.4) is 0 Å². The van der Waals surface area contributed by atoms with E-state index in [-0.39, 0.29) is 6.61 Å². The van der Waals surface area contributed by atoms with Crippen molar-refractivity contribution in [2.24, 2.45) is 35.5 Å². The lowest BCUT2D eigenvalue weighted by atomic mass is 10.0. The molecule has 3 nitrogen and oxygen atoms in total. The summed E-state index contributed by atoms with van der Waals surface area (Å²) < 4.78 is 0. The predicted octanol–water partition coefficient (Wildman–Crippen LogP) is 1.80. The van der Waals surface area contributed by atoms with Gasteiger partial charge in [0.05, 0.1) is 0 Å². The van der Waals surface area contributed by atoms with Crippen molar-refractivity contribution in [3.63, 3.8) is 0 Å². The molecule has 2 bridgehead atoms. The van der Waals surface area contributed by atoms with E-state index < -0.39 is 0 Å². The van der Waals surface area contributed by atoms with Crippen LogP contribution < -0.4 is 5.32 Å². The number of nitrogens with one attached hydrogen (secondary N) is 1. The van der Waals surface area contributed by atoms with Gasteiger partial charge in [0.2, 0.25) is 5.91 Å². The van der Waals surface area contributed by atoms with E-state index >= 15 is 0 Å². The molecule has 1 amide bonds. The fraction of sp³-hybridized carbons (Fsp3) is 0.933. The Kier molecular flexibility index (Phi) is 3.35. The second kappa shape index (κ2) is 4.84. The van der Waals surface area contributed by atoms with Crippen LogP contribution in [0.1, 0.15) is 39.0 Å². The number of aliphatic hydroxyl groups is 1. The first-order valence-corrected chi connectivity index (χ1v) is 7.61. The highest BCUT2D eigenvalue weighted by Crippen LogP contribution is 2.69. The summed E-state index contributed by atoms with van der Waals surface area (Å²) in [6, 6.07) is 0. The van der Waals surface area contributed by atoms with E-state index in [0.717, 1.165) is 43.1 Å². The zero-order valence-electron chi connectivity index (χ0n) is 11.3. The summed E-state index contributed by atoms with van der Waals surface area (Å²) in [6.07, 6.45) is 6.16. The van der Waals surface area contributed by atoms with E-state index in [1.165, 1.54) is 19.3 Å². The number of rotatable bonds is 6. The Balaban J connectivity index is 1.37. The molecule has 3 fully saturated rings. The van der Waals surface area contributed by atoms with Gasteiger partial charge in [0.15, 0.2) is 0 Å². The average Bonchev–Trinajstić information content (AvgIpc) is 2.83. The van der Waals surface area contributed by atoms with E-state index in [1.54, 1.807) is 0 Å². The minimum Gasteiger partial charge on any atom is -0.396 e. The van der Waals surface area contributed by atoms with Crippen molar-refractivity contribution < 1.29 is 9.90 Å². The van der Waals surface area contributed by atoms with Crippen molar-refractivity contribution in [1.29, 1.82) is 0 Å². The zero-order chi connectivity index (χ0) is 12.7. The predicted molar refractivity (Wildman–Crippen MR) is 69.8 cm³/mol. The Labute approximate surface area is 109 Å². The van der Waals surface area contributed by atoms with Crippen LogP contribution in [0.15, 0.2) is 0 Å². The highest BCUT2D eigenvalue weighted by molar-refractivity contribution is 5.82. The quantitative estimate of drug-likeness (QED) is 0.707. The third kappa shape index (κ3) is 2.07. The Morgan fingerprint density at radius 1 is 1.33 bits per heavy atom. The van der Waals surface area contributed by atoms with E-state index in [0.29, 0.717) is 17.7 Å². The molecule has 2 N–H and O–H groups in total. The van der Waals surface area contributed by atoms with Gasteiger partial charge in [-0.2, -0.15) is 0 Å². The number of amides is 1. The minimum absolute atomic E-state index is 0.254. The summed E-state index contributed by atoms with van der Waals surface area (Å²) in [7, 11) is 0. The summed E-state index contributed by atoms with van der Waals surface area (Å²) in [5.74, 6) is 4.30. The lowest BCUT2D eigenvalue weighted by molar-refractivity contribution is -0.123. The second-order valence-corrected chi connectivity index (χ2v) is 6.73. The van der Waals surface area contributed by atoms with Gasteiger partial charge in [-0.1, -0.05) is 6.92 Å². The van der Waals surface area contributed by atoms with Gasteiger partial charge >= 0.3 is 0 Å². The Morgan fingerprint density at radius 3 is 2.61 bits per heavy atom. The van der Waals surface area contributed by atoms with Crippen molar-refractivity contribution >= 4 is 5.91 Å². The molecule has 0 heterocycles. The van der Waals surface area contributed by atoms with Gasteiger partial charge < -0.3 is 10.4 Å². The van der Waals surface area contributed by atoms with Gasteiger partial charge in [0.1, 0.15) is 0 Å². The SMILES string of the molecule is CC(CO)CCCNC(=O)C1C2C3CCC(C3)C12. The molecule has 0 aromatic carbocycles. The molecular formula is C15H25NO2. The van der Waals surface area contributed by atoms with Gasteiger partial charge in [-0.15, -0.1) is 0 Å². The normalized spacial score (nSPS) is 41.6. The van der Waals surface area contributed by atoms with E-state index in [1.807, 2.05) is 6.92 Å². The average molecular weight is 251 g/mol. The molecule has 0 radical (unpaired) electrons. The summed E-state index contributed by atoms with van der Waals surface area (Å²) in [5, 5.41) is 12.0. The number of hydrogen-bond donors (Lipinski definition) is 2. The van der Waals surface area contributed by atoms with Gasteiger partial charge in [0.25, 0.3) is 0 Å². The fourth-order valence-corrected chi connectivity index (χ4v) is 4.55. The maximum atomic E-state index is 12.1. The third-order valence-electron chi connectivity index (χ3n) is 5.52. The summed E-state index contributed by atoms with van der Waals surface area (Å²) in [5.41, 5.74) is 0. The third-order valence-corrected chi connectivity index (χ3v) is 5.52. The first-order chi connectivity index (χ1) is 8.72. The number of carbonyl (C=O) groups is 1. The Bertz CT molecular complexity index is 314. The van der Waals surface area contributed by atoms with Gasteiger partial charge in [-0.05, 0) is 61.7 Å². The van der Waals surface area contributed by atoms with Crippen LogP contribution in [0.5, 0.6) is 0 Å². The highest BCUT2D eigenvalue weighted by Gasteiger charge is 2.67. The topological polar surface area (TPSA) is 49.3 Å². The zero-order valence-corrected chi connectivity index (χ0v) is 11.3. The molecule has 0 aromatic rings. The van der Waals surface area contributed by atoms with Crippen LogP contribution >= 0.6 is 0 Å². The number of carbonyl (C=O) groups excluding carboxylic acids is 1. The molecule has 3 rings (SSSR count). The van der Waals surface area contributed by atoms with Crippen LogP contribution in [-0.4, -0.2) is 24.2 Å². The van der Waals surface area contributed by atoms with Gasteiger partial charge in [-0.3, -0.25) is 4.79 Å². The van der Waals surface area contributed by atoms with Crippen LogP contribution in [0.2, 0.25) is 0 Å². The van der Waals surface area contributed by atoms with Crippen molar-refractivity contribution in [3.05, 3.63) is 0 Å². The Hall–Kier alpha value is -0.570. The molecular weight excluding hydrogens is 226 g/mol.